The number of carbonyl (C=O) groups is 2. The molecular formula is C14H17NO3. The normalized spacial score (nSPS) is 18.9. The van der Waals surface area contributed by atoms with Gasteiger partial charge in [-0.25, -0.2) is 4.79 Å². The van der Waals surface area contributed by atoms with Crippen LogP contribution in [0.3, 0.4) is 0 Å². The van der Waals surface area contributed by atoms with E-state index in [0.29, 0.717) is 13.0 Å². The Morgan fingerprint density at radius 2 is 2.00 bits per heavy atom. The minimum absolute atomic E-state index is 0.0937. The van der Waals surface area contributed by atoms with Crippen molar-refractivity contribution in [3.05, 3.63) is 35.4 Å². The lowest BCUT2D eigenvalue weighted by atomic mass is 10.1. The van der Waals surface area contributed by atoms with Crippen LogP contribution in [-0.2, 0) is 16.0 Å². The number of amides is 1. The predicted octanol–water partition coefficient (Wildman–Crippen LogP) is 1.61. The first kappa shape index (κ1) is 12.6. The summed E-state index contributed by atoms with van der Waals surface area (Å²) in [6.45, 7) is 2.55. The summed E-state index contributed by atoms with van der Waals surface area (Å²) < 4.78 is 0. The number of aryl methyl sites for hydroxylation is 1. The lowest BCUT2D eigenvalue weighted by Crippen LogP contribution is -2.41. The molecule has 1 atom stereocenters. The molecule has 1 saturated heterocycles. The summed E-state index contributed by atoms with van der Waals surface area (Å²) in [5, 5.41) is 9.04. The molecule has 0 spiro atoms. The Hall–Kier alpha value is -1.84. The van der Waals surface area contributed by atoms with E-state index in [1.54, 1.807) is 0 Å². The van der Waals surface area contributed by atoms with Crippen LogP contribution >= 0.6 is 0 Å². The van der Waals surface area contributed by atoms with Crippen molar-refractivity contribution < 1.29 is 14.7 Å². The predicted molar refractivity (Wildman–Crippen MR) is 67.3 cm³/mol. The van der Waals surface area contributed by atoms with E-state index in [2.05, 4.69) is 0 Å². The van der Waals surface area contributed by atoms with Crippen LogP contribution in [0, 0.1) is 6.92 Å². The Morgan fingerprint density at radius 1 is 1.33 bits per heavy atom. The van der Waals surface area contributed by atoms with Crippen LogP contribution in [0.25, 0.3) is 0 Å². The summed E-state index contributed by atoms with van der Waals surface area (Å²) in [6.07, 6.45) is 1.62. The van der Waals surface area contributed by atoms with Crippen LogP contribution in [0.5, 0.6) is 0 Å². The number of benzene rings is 1. The second-order valence-electron chi connectivity index (χ2n) is 4.75. The number of hydrogen-bond donors (Lipinski definition) is 1. The fourth-order valence-corrected chi connectivity index (χ4v) is 2.30. The van der Waals surface area contributed by atoms with Gasteiger partial charge in [0.25, 0.3) is 0 Å². The molecule has 1 heterocycles. The summed E-state index contributed by atoms with van der Waals surface area (Å²) in [5.41, 5.74) is 2.08. The molecule has 2 rings (SSSR count). The maximum Gasteiger partial charge on any atom is 0.326 e. The minimum atomic E-state index is -0.898. The molecule has 4 heteroatoms. The highest BCUT2D eigenvalue weighted by Gasteiger charge is 2.33. The second-order valence-corrected chi connectivity index (χ2v) is 4.75. The van der Waals surface area contributed by atoms with E-state index in [-0.39, 0.29) is 12.3 Å². The summed E-state index contributed by atoms with van der Waals surface area (Å²) in [4.78, 5) is 24.6. The van der Waals surface area contributed by atoms with Crippen molar-refractivity contribution in [3.8, 4) is 0 Å². The van der Waals surface area contributed by atoms with Crippen LogP contribution in [0.2, 0.25) is 0 Å². The molecule has 1 unspecified atom stereocenters. The van der Waals surface area contributed by atoms with Crippen molar-refractivity contribution in [2.75, 3.05) is 6.54 Å². The van der Waals surface area contributed by atoms with Crippen LogP contribution in [0.4, 0.5) is 0 Å². The van der Waals surface area contributed by atoms with Gasteiger partial charge in [-0.3, -0.25) is 4.79 Å². The molecule has 0 aliphatic carbocycles. The van der Waals surface area contributed by atoms with Crippen LogP contribution in [0.15, 0.2) is 24.3 Å². The largest absolute Gasteiger partial charge is 0.480 e. The molecule has 4 nitrogen and oxygen atoms in total. The lowest BCUT2D eigenvalue weighted by molar-refractivity contribution is -0.148. The number of aliphatic carboxylic acids is 1. The van der Waals surface area contributed by atoms with Crippen molar-refractivity contribution in [3.63, 3.8) is 0 Å². The summed E-state index contributed by atoms with van der Waals surface area (Å²) in [6, 6.07) is 7.11. The van der Waals surface area contributed by atoms with Crippen molar-refractivity contribution >= 4 is 11.9 Å². The highest BCUT2D eigenvalue weighted by molar-refractivity contribution is 5.85. The number of hydrogen-bond acceptors (Lipinski definition) is 2. The molecular weight excluding hydrogens is 230 g/mol. The van der Waals surface area contributed by atoms with Gasteiger partial charge >= 0.3 is 5.97 Å². The van der Waals surface area contributed by atoms with E-state index in [9.17, 15) is 9.59 Å². The highest BCUT2D eigenvalue weighted by atomic mass is 16.4. The van der Waals surface area contributed by atoms with E-state index < -0.39 is 12.0 Å². The van der Waals surface area contributed by atoms with Gasteiger partial charge in [0.1, 0.15) is 6.04 Å². The topological polar surface area (TPSA) is 57.6 Å². The molecule has 0 aromatic heterocycles. The van der Waals surface area contributed by atoms with Crippen molar-refractivity contribution in [2.45, 2.75) is 32.2 Å². The van der Waals surface area contributed by atoms with Gasteiger partial charge in [-0.1, -0.05) is 29.8 Å². The second kappa shape index (κ2) is 5.21. The van der Waals surface area contributed by atoms with Gasteiger partial charge in [-0.15, -0.1) is 0 Å². The van der Waals surface area contributed by atoms with Gasteiger partial charge in [-0.2, -0.15) is 0 Å². The molecule has 1 amide bonds. The molecule has 1 aliphatic rings. The molecule has 1 fully saturated rings. The third-order valence-electron chi connectivity index (χ3n) is 3.33. The van der Waals surface area contributed by atoms with Gasteiger partial charge in [0.05, 0.1) is 6.42 Å². The molecule has 1 aromatic carbocycles. The van der Waals surface area contributed by atoms with Crippen molar-refractivity contribution in [1.29, 1.82) is 0 Å². The summed E-state index contributed by atoms with van der Waals surface area (Å²) in [5.74, 6) is -0.992. The van der Waals surface area contributed by atoms with Crippen molar-refractivity contribution in [1.82, 2.24) is 4.90 Å². The fourth-order valence-electron chi connectivity index (χ4n) is 2.30. The standard InChI is InChI=1S/C14H17NO3/c1-10-4-6-11(7-5-10)9-13(16)15-8-2-3-12(15)14(17)18/h4-7,12H,2-3,8-9H2,1H3,(H,17,18). The van der Waals surface area contributed by atoms with Gasteiger partial charge in [-0.05, 0) is 25.3 Å². The van der Waals surface area contributed by atoms with E-state index >= 15 is 0 Å². The highest BCUT2D eigenvalue weighted by Crippen LogP contribution is 2.19. The van der Waals surface area contributed by atoms with E-state index in [1.807, 2.05) is 31.2 Å². The number of likely N-dealkylation sites (tertiary alicyclic amines) is 1. The van der Waals surface area contributed by atoms with Crippen LogP contribution in [0.1, 0.15) is 24.0 Å². The smallest absolute Gasteiger partial charge is 0.326 e. The van der Waals surface area contributed by atoms with Gasteiger partial charge in [0.15, 0.2) is 0 Å². The lowest BCUT2D eigenvalue weighted by Gasteiger charge is -2.21. The summed E-state index contributed by atoms with van der Waals surface area (Å²) >= 11 is 0. The fraction of sp³-hybridized carbons (Fsp3) is 0.429. The van der Waals surface area contributed by atoms with E-state index in [0.717, 1.165) is 17.5 Å². The maximum atomic E-state index is 12.1. The SMILES string of the molecule is Cc1ccc(CC(=O)N2CCCC2C(=O)O)cc1. The number of carbonyl (C=O) groups excluding carboxylic acids is 1. The zero-order valence-electron chi connectivity index (χ0n) is 10.4. The molecule has 0 radical (unpaired) electrons. The average Bonchev–Trinajstić information content (AvgIpc) is 2.81. The third kappa shape index (κ3) is 2.70. The molecule has 1 N–H and O–H groups in total. The quantitative estimate of drug-likeness (QED) is 0.882. The molecule has 0 bridgehead atoms. The van der Waals surface area contributed by atoms with Crippen LogP contribution in [-0.4, -0.2) is 34.5 Å². The number of rotatable bonds is 3. The number of carboxylic acid groups (broad SMARTS) is 1. The first-order chi connectivity index (χ1) is 8.58. The zero-order valence-corrected chi connectivity index (χ0v) is 10.4. The Morgan fingerprint density at radius 3 is 2.61 bits per heavy atom. The first-order valence-corrected chi connectivity index (χ1v) is 6.16. The van der Waals surface area contributed by atoms with Gasteiger partial charge < -0.3 is 10.0 Å². The minimum Gasteiger partial charge on any atom is -0.480 e. The Bertz CT molecular complexity index is 453. The van der Waals surface area contributed by atoms with Crippen molar-refractivity contribution in [2.24, 2.45) is 0 Å². The van der Waals surface area contributed by atoms with Gasteiger partial charge in [0, 0.05) is 6.54 Å². The number of nitrogens with zero attached hydrogens (tertiary/aromatic N) is 1. The summed E-state index contributed by atoms with van der Waals surface area (Å²) in [7, 11) is 0. The Labute approximate surface area is 106 Å². The van der Waals surface area contributed by atoms with Crippen LogP contribution < -0.4 is 0 Å². The van der Waals surface area contributed by atoms with E-state index in [1.165, 1.54) is 4.90 Å². The molecule has 1 aromatic rings. The molecule has 1 aliphatic heterocycles. The number of carboxylic acids is 1. The maximum absolute atomic E-state index is 12.1. The zero-order chi connectivity index (χ0) is 13.1. The Kier molecular flexibility index (Phi) is 3.65. The van der Waals surface area contributed by atoms with E-state index in [4.69, 9.17) is 5.11 Å². The third-order valence-corrected chi connectivity index (χ3v) is 3.33. The molecule has 96 valence electrons. The molecule has 18 heavy (non-hydrogen) atoms. The first-order valence-electron chi connectivity index (χ1n) is 6.16. The molecule has 0 saturated carbocycles. The monoisotopic (exact) mass is 247 g/mol. The Balaban J connectivity index is 2.03. The average molecular weight is 247 g/mol. The van der Waals surface area contributed by atoms with Gasteiger partial charge in [0.2, 0.25) is 5.91 Å².